The Bertz CT molecular complexity index is 1700. The van der Waals surface area contributed by atoms with E-state index >= 15 is 0 Å². The number of alkyl halides is 3. The summed E-state index contributed by atoms with van der Waals surface area (Å²) < 4.78 is 44.1. The third-order valence-corrected chi connectivity index (χ3v) is 8.28. The summed E-state index contributed by atoms with van der Waals surface area (Å²) in [6.45, 7) is 0.804. The van der Waals surface area contributed by atoms with Crippen LogP contribution < -0.4 is 15.4 Å². The van der Waals surface area contributed by atoms with Crippen LogP contribution in [-0.2, 0) is 30.5 Å². The molecule has 5 rings (SSSR count). The second-order valence-corrected chi connectivity index (χ2v) is 12.0. The summed E-state index contributed by atoms with van der Waals surface area (Å²) >= 11 is 6.00. The summed E-state index contributed by atoms with van der Waals surface area (Å²) in [6, 6.07) is 20.9. The van der Waals surface area contributed by atoms with Gasteiger partial charge < -0.3 is 25.2 Å². The molecule has 3 aromatic carbocycles. The van der Waals surface area contributed by atoms with E-state index in [1.807, 2.05) is 30.3 Å². The molecule has 2 aliphatic heterocycles. The second-order valence-electron chi connectivity index (χ2n) is 11.5. The Hall–Kier alpha value is -5.21. The van der Waals surface area contributed by atoms with Gasteiger partial charge in [0.05, 0.1) is 5.92 Å². The minimum atomic E-state index is -4.85. The minimum absolute atomic E-state index is 0.0370. The summed E-state index contributed by atoms with van der Waals surface area (Å²) in [4.78, 5) is 57.9. The molecule has 15 heteroatoms. The van der Waals surface area contributed by atoms with Gasteiger partial charge in [-0.3, -0.25) is 19.7 Å². The molecule has 0 bridgehead atoms. The predicted octanol–water partition coefficient (Wildman–Crippen LogP) is 5.14. The number of carboxylic acids is 2. The van der Waals surface area contributed by atoms with Crippen molar-refractivity contribution in [2.45, 2.75) is 44.1 Å². The molecule has 0 aromatic heterocycles. The first-order valence-corrected chi connectivity index (χ1v) is 15.7. The number of piperidine rings is 2. The van der Waals surface area contributed by atoms with Crippen LogP contribution in [0.5, 0.6) is 5.75 Å². The highest BCUT2D eigenvalue weighted by Crippen LogP contribution is 2.33. The van der Waals surface area contributed by atoms with Crippen molar-refractivity contribution in [2.75, 3.05) is 13.1 Å². The normalized spacial score (nSPS) is 18.2. The fraction of sp³-hybridized carbons (Fsp3) is 0.286. The number of likely N-dealkylation sites (tertiary alicyclic amines) is 1. The summed E-state index contributed by atoms with van der Waals surface area (Å²) in [5, 5.41) is 21.8. The number of halogens is 4. The number of benzene rings is 3. The van der Waals surface area contributed by atoms with Crippen LogP contribution in [0.15, 0.2) is 84.9 Å². The van der Waals surface area contributed by atoms with Gasteiger partial charge in [0, 0.05) is 67.2 Å². The van der Waals surface area contributed by atoms with Gasteiger partial charge in [0.15, 0.2) is 0 Å². The molecule has 264 valence electrons. The SMILES string of the molecule is O=C(O)/C=C\C(=O)O.O=C1CC(C(=O)N2CC[C@H](NCc3cc(-c4ccc(Cl)cc4)ccc3OC(F)(F)F)[C@H](c3ccccc3)C2)CC(=O)N1. The minimum Gasteiger partial charge on any atom is -0.478 e. The Labute approximate surface area is 289 Å². The zero-order valence-electron chi connectivity index (χ0n) is 26.4. The molecular weight excluding hydrogens is 683 g/mol. The third kappa shape index (κ3) is 11.2. The quantitative estimate of drug-likeness (QED) is 0.174. The molecule has 0 unspecified atom stereocenters. The van der Waals surface area contributed by atoms with Crippen LogP contribution in [0.25, 0.3) is 11.1 Å². The molecule has 2 saturated heterocycles. The number of rotatable bonds is 9. The molecular formula is C35H33ClF3N3O8. The fourth-order valence-electron chi connectivity index (χ4n) is 5.79. The monoisotopic (exact) mass is 715 g/mol. The highest BCUT2D eigenvalue weighted by Gasteiger charge is 2.38. The molecule has 2 aliphatic rings. The van der Waals surface area contributed by atoms with E-state index in [1.54, 1.807) is 41.3 Å². The number of nitrogens with zero attached hydrogens (tertiary/aromatic N) is 1. The first-order chi connectivity index (χ1) is 23.7. The lowest BCUT2D eigenvalue weighted by atomic mass is 9.84. The summed E-state index contributed by atoms with van der Waals surface area (Å²) in [7, 11) is 0. The largest absolute Gasteiger partial charge is 0.573 e. The highest BCUT2D eigenvalue weighted by molar-refractivity contribution is 6.30. The number of imide groups is 1. The molecule has 0 saturated carbocycles. The molecule has 2 fully saturated rings. The van der Waals surface area contributed by atoms with Crippen LogP contribution in [0, 0.1) is 5.92 Å². The van der Waals surface area contributed by atoms with Crippen LogP contribution in [0.3, 0.4) is 0 Å². The van der Waals surface area contributed by atoms with Gasteiger partial charge in [-0.25, -0.2) is 9.59 Å². The van der Waals surface area contributed by atoms with Crippen LogP contribution in [0.4, 0.5) is 13.2 Å². The van der Waals surface area contributed by atoms with Crippen LogP contribution in [-0.4, -0.2) is 70.3 Å². The molecule has 0 aliphatic carbocycles. The molecule has 11 nitrogen and oxygen atoms in total. The van der Waals surface area contributed by atoms with Gasteiger partial charge in [0.1, 0.15) is 5.75 Å². The number of aliphatic carboxylic acids is 2. The second kappa shape index (κ2) is 16.9. The van der Waals surface area contributed by atoms with E-state index in [0.717, 1.165) is 11.1 Å². The zero-order chi connectivity index (χ0) is 36.4. The molecule has 4 N–H and O–H groups in total. The predicted molar refractivity (Wildman–Crippen MR) is 175 cm³/mol. The Morgan fingerprint density at radius 3 is 2.10 bits per heavy atom. The first kappa shape index (κ1) is 37.6. The van der Waals surface area contributed by atoms with Crippen molar-refractivity contribution in [3.63, 3.8) is 0 Å². The first-order valence-electron chi connectivity index (χ1n) is 15.4. The van der Waals surface area contributed by atoms with Crippen molar-refractivity contribution < 1.29 is 52.1 Å². The van der Waals surface area contributed by atoms with E-state index in [4.69, 9.17) is 21.8 Å². The maximum atomic E-state index is 13.3. The van der Waals surface area contributed by atoms with Crippen molar-refractivity contribution in [1.29, 1.82) is 0 Å². The molecule has 2 heterocycles. The maximum Gasteiger partial charge on any atom is 0.573 e. The van der Waals surface area contributed by atoms with E-state index in [0.29, 0.717) is 47.8 Å². The Morgan fingerprint density at radius 1 is 0.920 bits per heavy atom. The summed E-state index contributed by atoms with van der Waals surface area (Å²) in [5.74, 6) is -4.85. The molecule has 0 spiro atoms. The molecule has 50 heavy (non-hydrogen) atoms. The van der Waals surface area contributed by atoms with E-state index in [9.17, 15) is 37.1 Å². The van der Waals surface area contributed by atoms with Gasteiger partial charge >= 0.3 is 18.3 Å². The van der Waals surface area contributed by atoms with Crippen molar-refractivity contribution in [3.05, 3.63) is 101 Å². The maximum absolute atomic E-state index is 13.3. The van der Waals surface area contributed by atoms with Crippen molar-refractivity contribution >= 4 is 41.3 Å². The number of hydrogen-bond acceptors (Lipinski definition) is 7. The number of carboxylic acid groups (broad SMARTS) is 2. The van der Waals surface area contributed by atoms with Crippen molar-refractivity contribution in [1.82, 2.24) is 15.5 Å². The van der Waals surface area contributed by atoms with E-state index in [2.05, 4.69) is 15.4 Å². The van der Waals surface area contributed by atoms with Crippen LogP contribution in [0.2, 0.25) is 5.02 Å². The van der Waals surface area contributed by atoms with Gasteiger partial charge in [0.2, 0.25) is 17.7 Å². The topological polar surface area (TPSA) is 162 Å². The van der Waals surface area contributed by atoms with Crippen LogP contribution in [0.1, 0.15) is 36.3 Å². The molecule has 3 aromatic rings. The highest BCUT2D eigenvalue weighted by atomic mass is 35.5. The van der Waals surface area contributed by atoms with E-state index in [-0.39, 0.29) is 43.0 Å². The number of ether oxygens (including phenoxy) is 1. The van der Waals surface area contributed by atoms with Gasteiger partial charge in [-0.05, 0) is 47.4 Å². The summed E-state index contributed by atoms with van der Waals surface area (Å²) in [5.41, 5.74) is 2.80. The van der Waals surface area contributed by atoms with E-state index < -0.39 is 36.0 Å². The standard InChI is InChI=1S/C31H29ClF3N3O4.C4H4O4/c32-24-9-6-19(7-10-24)21-8-11-27(42-31(33,34)35)23(14-21)17-36-26-12-13-38(18-25(26)20-4-2-1-3-5-20)30(41)22-15-28(39)37-29(40)16-22;5-3(6)1-2-4(7)8/h1-11,14,22,25-26,36H,12-13,15-18H2,(H,37,39,40);1-2H,(H,5,6)(H,7,8)/b;2-1-/t25-,26-;/m0./s1. The lowest BCUT2D eigenvalue weighted by molar-refractivity contribution is -0.275. The number of carbonyl (C=O) groups is 5. The van der Waals surface area contributed by atoms with Gasteiger partial charge in [-0.15, -0.1) is 13.2 Å². The number of hydrogen-bond donors (Lipinski definition) is 4. The molecule has 0 radical (unpaired) electrons. The smallest absolute Gasteiger partial charge is 0.478 e. The average Bonchev–Trinajstić information content (AvgIpc) is 3.06. The zero-order valence-corrected chi connectivity index (χ0v) is 27.1. The van der Waals surface area contributed by atoms with Crippen LogP contribution >= 0.6 is 11.6 Å². The summed E-state index contributed by atoms with van der Waals surface area (Å²) in [6.07, 6.45) is -3.29. The lowest BCUT2D eigenvalue weighted by Gasteiger charge is -2.41. The van der Waals surface area contributed by atoms with Gasteiger partial charge in [0.25, 0.3) is 0 Å². The molecule has 3 amide bonds. The Kier molecular flexibility index (Phi) is 12.7. The number of nitrogens with one attached hydrogen (secondary N) is 2. The lowest BCUT2D eigenvalue weighted by Crippen LogP contribution is -2.52. The third-order valence-electron chi connectivity index (χ3n) is 8.03. The van der Waals surface area contributed by atoms with E-state index in [1.165, 1.54) is 6.07 Å². The number of amides is 3. The number of carbonyl (C=O) groups excluding carboxylic acids is 3. The fourth-order valence-corrected chi connectivity index (χ4v) is 5.92. The van der Waals surface area contributed by atoms with Crippen molar-refractivity contribution in [3.8, 4) is 16.9 Å². The average molecular weight is 716 g/mol. The van der Waals surface area contributed by atoms with Gasteiger partial charge in [-0.1, -0.05) is 60.1 Å². The van der Waals surface area contributed by atoms with Gasteiger partial charge in [-0.2, -0.15) is 0 Å². The van der Waals surface area contributed by atoms with Crippen molar-refractivity contribution in [2.24, 2.45) is 5.92 Å². The Morgan fingerprint density at radius 2 is 1.52 bits per heavy atom. The molecule has 2 atom stereocenters. The Balaban J connectivity index is 0.000000627.